The molecule has 2 bridgehead atoms. The van der Waals surface area contributed by atoms with Gasteiger partial charge in [0.05, 0.1) is 11.8 Å². The fraction of sp³-hybridized carbons (Fsp3) is 0.733. The smallest absolute Gasteiger partial charge is 0.307 e. The number of hydrogen-bond donors (Lipinski definition) is 2. The fourth-order valence-electron chi connectivity index (χ4n) is 3.82. The second-order valence-electron chi connectivity index (χ2n) is 6.82. The van der Waals surface area contributed by atoms with Crippen LogP contribution in [0.4, 0.5) is 0 Å². The highest BCUT2D eigenvalue weighted by atomic mass is 16.4. The van der Waals surface area contributed by atoms with E-state index in [-0.39, 0.29) is 29.2 Å². The van der Waals surface area contributed by atoms with Crippen molar-refractivity contribution >= 4 is 11.9 Å². The molecule has 0 saturated heterocycles. The average Bonchev–Trinajstić information content (AvgIpc) is 2.99. The zero-order valence-electron chi connectivity index (χ0n) is 11.4. The number of carbonyl (C=O) groups is 2. The molecule has 2 fully saturated rings. The molecule has 0 aromatic rings. The third-order valence-electron chi connectivity index (χ3n) is 5.09. The van der Waals surface area contributed by atoms with Gasteiger partial charge in [-0.2, -0.15) is 0 Å². The monoisotopic (exact) mass is 263 g/mol. The quantitative estimate of drug-likeness (QED) is 0.760. The van der Waals surface area contributed by atoms with Crippen molar-refractivity contribution in [1.82, 2.24) is 5.32 Å². The van der Waals surface area contributed by atoms with Gasteiger partial charge in [0.1, 0.15) is 0 Å². The number of nitrogens with one attached hydrogen (secondary N) is 1. The summed E-state index contributed by atoms with van der Waals surface area (Å²) in [7, 11) is 0. The van der Waals surface area contributed by atoms with Gasteiger partial charge in [0.15, 0.2) is 0 Å². The van der Waals surface area contributed by atoms with Gasteiger partial charge in [0.2, 0.25) is 5.91 Å². The van der Waals surface area contributed by atoms with Gasteiger partial charge < -0.3 is 10.4 Å². The van der Waals surface area contributed by atoms with Crippen LogP contribution >= 0.6 is 0 Å². The lowest BCUT2D eigenvalue weighted by Gasteiger charge is -2.31. The first-order chi connectivity index (χ1) is 8.90. The minimum atomic E-state index is -0.832. The maximum Gasteiger partial charge on any atom is 0.307 e. The van der Waals surface area contributed by atoms with Crippen LogP contribution in [-0.2, 0) is 9.59 Å². The van der Waals surface area contributed by atoms with Crippen molar-refractivity contribution in [2.24, 2.45) is 29.6 Å². The fourth-order valence-corrected chi connectivity index (χ4v) is 3.82. The molecule has 4 nitrogen and oxygen atoms in total. The molecule has 3 aliphatic rings. The van der Waals surface area contributed by atoms with Crippen LogP contribution in [-0.4, -0.2) is 22.5 Å². The summed E-state index contributed by atoms with van der Waals surface area (Å²) < 4.78 is 0. The van der Waals surface area contributed by atoms with Crippen molar-refractivity contribution in [3.63, 3.8) is 0 Å². The molecule has 2 N–H and O–H groups in total. The SMILES string of the molecule is CC(C)(NC(=O)[C@H]1C2C=CC(C2)[C@H]1C(=O)O)C1CC1. The highest BCUT2D eigenvalue weighted by Gasteiger charge is 2.52. The van der Waals surface area contributed by atoms with E-state index in [0.29, 0.717) is 5.92 Å². The van der Waals surface area contributed by atoms with E-state index in [2.05, 4.69) is 5.32 Å². The second-order valence-corrected chi connectivity index (χ2v) is 6.82. The van der Waals surface area contributed by atoms with Crippen molar-refractivity contribution in [1.29, 1.82) is 0 Å². The lowest BCUT2D eigenvalue weighted by Crippen LogP contribution is -2.50. The molecule has 19 heavy (non-hydrogen) atoms. The van der Waals surface area contributed by atoms with E-state index < -0.39 is 11.9 Å². The van der Waals surface area contributed by atoms with Crippen LogP contribution in [0.15, 0.2) is 12.2 Å². The molecule has 4 atom stereocenters. The van der Waals surface area contributed by atoms with Gasteiger partial charge >= 0.3 is 5.97 Å². The summed E-state index contributed by atoms with van der Waals surface area (Å²) in [6.45, 7) is 4.09. The Bertz CT molecular complexity index is 450. The Morgan fingerprint density at radius 1 is 1.16 bits per heavy atom. The number of rotatable bonds is 4. The molecular formula is C15H21NO3. The lowest BCUT2D eigenvalue weighted by molar-refractivity contribution is -0.148. The highest BCUT2D eigenvalue weighted by molar-refractivity contribution is 5.87. The minimum absolute atomic E-state index is 0.0438. The van der Waals surface area contributed by atoms with Gasteiger partial charge in [0, 0.05) is 5.54 Å². The van der Waals surface area contributed by atoms with Crippen molar-refractivity contribution in [2.75, 3.05) is 0 Å². The molecule has 0 aromatic carbocycles. The second kappa shape index (κ2) is 4.09. The topological polar surface area (TPSA) is 66.4 Å². The Morgan fingerprint density at radius 2 is 1.74 bits per heavy atom. The Balaban J connectivity index is 1.75. The van der Waals surface area contributed by atoms with Crippen molar-refractivity contribution in [3.8, 4) is 0 Å². The molecule has 0 radical (unpaired) electrons. The summed E-state index contributed by atoms with van der Waals surface area (Å²) >= 11 is 0. The van der Waals surface area contributed by atoms with Crippen LogP contribution in [0.2, 0.25) is 0 Å². The molecule has 0 spiro atoms. The van der Waals surface area contributed by atoms with Crippen molar-refractivity contribution in [3.05, 3.63) is 12.2 Å². The number of hydrogen-bond acceptors (Lipinski definition) is 2. The van der Waals surface area contributed by atoms with Crippen molar-refractivity contribution < 1.29 is 14.7 Å². The lowest BCUT2D eigenvalue weighted by atomic mass is 9.81. The Labute approximate surface area is 113 Å². The molecule has 0 aromatic heterocycles. The van der Waals surface area contributed by atoms with Gasteiger partial charge in [0.25, 0.3) is 0 Å². The van der Waals surface area contributed by atoms with Gasteiger partial charge in [-0.1, -0.05) is 12.2 Å². The maximum absolute atomic E-state index is 12.5. The largest absolute Gasteiger partial charge is 0.481 e. The first kappa shape index (κ1) is 12.7. The van der Waals surface area contributed by atoms with Gasteiger partial charge in [-0.3, -0.25) is 9.59 Å². The Kier molecular flexibility index (Phi) is 2.73. The van der Waals surface area contributed by atoms with Crippen LogP contribution < -0.4 is 5.32 Å². The van der Waals surface area contributed by atoms with Crippen LogP contribution in [0.1, 0.15) is 33.1 Å². The van der Waals surface area contributed by atoms with E-state index in [4.69, 9.17) is 0 Å². The molecule has 3 aliphatic carbocycles. The van der Waals surface area contributed by atoms with E-state index in [0.717, 1.165) is 19.3 Å². The van der Waals surface area contributed by atoms with E-state index in [1.807, 2.05) is 26.0 Å². The van der Waals surface area contributed by atoms with Gasteiger partial charge in [-0.05, 0) is 50.9 Å². The average molecular weight is 263 g/mol. The number of fused-ring (bicyclic) bond motifs is 2. The highest BCUT2D eigenvalue weighted by Crippen LogP contribution is 2.48. The predicted molar refractivity (Wildman–Crippen MR) is 70.3 cm³/mol. The summed E-state index contributed by atoms with van der Waals surface area (Å²) in [6.07, 6.45) is 7.13. The number of aliphatic carboxylic acids is 1. The number of carboxylic acids is 1. The van der Waals surface area contributed by atoms with E-state index in [9.17, 15) is 14.7 Å². The Morgan fingerprint density at radius 3 is 2.26 bits per heavy atom. The third kappa shape index (κ3) is 2.07. The zero-order chi connectivity index (χ0) is 13.8. The summed E-state index contributed by atoms with van der Waals surface area (Å²) in [5, 5.41) is 12.5. The van der Waals surface area contributed by atoms with Crippen LogP contribution in [0.25, 0.3) is 0 Å². The molecule has 2 unspecified atom stereocenters. The Hall–Kier alpha value is -1.32. The van der Waals surface area contributed by atoms with Crippen LogP contribution in [0.3, 0.4) is 0 Å². The molecule has 3 rings (SSSR count). The maximum atomic E-state index is 12.5. The number of carbonyl (C=O) groups excluding carboxylic acids is 1. The molecule has 0 heterocycles. The van der Waals surface area contributed by atoms with E-state index >= 15 is 0 Å². The van der Waals surface area contributed by atoms with Crippen LogP contribution in [0.5, 0.6) is 0 Å². The third-order valence-corrected chi connectivity index (χ3v) is 5.09. The number of allylic oxidation sites excluding steroid dienone is 2. The number of amides is 1. The summed E-state index contributed by atoms with van der Waals surface area (Å²) in [4.78, 5) is 23.9. The molecule has 104 valence electrons. The minimum Gasteiger partial charge on any atom is -0.481 e. The zero-order valence-corrected chi connectivity index (χ0v) is 11.4. The first-order valence-electron chi connectivity index (χ1n) is 7.13. The first-order valence-corrected chi connectivity index (χ1v) is 7.13. The normalized spacial score (nSPS) is 36.5. The predicted octanol–water partition coefficient (Wildman–Crippen LogP) is 1.81. The molecular weight excluding hydrogens is 242 g/mol. The van der Waals surface area contributed by atoms with Gasteiger partial charge in [-0.25, -0.2) is 0 Å². The number of carboxylic acid groups (broad SMARTS) is 1. The molecule has 4 heteroatoms. The van der Waals surface area contributed by atoms with E-state index in [1.165, 1.54) is 0 Å². The molecule has 2 saturated carbocycles. The van der Waals surface area contributed by atoms with Crippen LogP contribution in [0, 0.1) is 29.6 Å². The standard InChI is InChI=1S/C15H21NO3/c1-15(2,10-5-6-10)16-13(17)11-8-3-4-9(7-8)12(11)14(18)19/h3-4,8-12H,5-7H2,1-2H3,(H,16,17)(H,18,19)/t8?,9?,11-,12+/m0/s1. The van der Waals surface area contributed by atoms with E-state index in [1.54, 1.807) is 0 Å². The molecule has 0 aliphatic heterocycles. The van der Waals surface area contributed by atoms with Crippen molar-refractivity contribution in [2.45, 2.75) is 38.6 Å². The van der Waals surface area contributed by atoms with Gasteiger partial charge in [-0.15, -0.1) is 0 Å². The summed E-state index contributed by atoms with van der Waals surface area (Å²) in [6, 6.07) is 0. The summed E-state index contributed by atoms with van der Waals surface area (Å²) in [5.74, 6) is -1.12. The summed E-state index contributed by atoms with van der Waals surface area (Å²) in [5.41, 5.74) is -0.203. The molecule has 1 amide bonds.